The summed E-state index contributed by atoms with van der Waals surface area (Å²) in [5, 5.41) is 8.73. The molecule has 43 heavy (non-hydrogen) atoms. The highest BCUT2D eigenvalue weighted by Crippen LogP contribution is 2.35. The lowest BCUT2D eigenvalue weighted by Gasteiger charge is -2.15. The third-order valence-electron chi connectivity index (χ3n) is 7.05. The van der Waals surface area contributed by atoms with Crippen molar-refractivity contribution in [3.05, 3.63) is 94.5 Å². The highest BCUT2D eigenvalue weighted by atomic mass is 35.5. The minimum absolute atomic E-state index is 0.0260. The highest BCUT2D eigenvalue weighted by Gasteiger charge is 2.25. The van der Waals surface area contributed by atoms with Gasteiger partial charge in [0.1, 0.15) is 45.2 Å². The maximum absolute atomic E-state index is 13.5. The Labute approximate surface area is 258 Å². The second-order valence-electron chi connectivity index (χ2n) is 10.7. The molecule has 5 aromatic rings. The summed E-state index contributed by atoms with van der Waals surface area (Å²) in [6, 6.07) is 17.1. The Kier molecular flexibility index (Phi) is 8.58. The fraction of sp³-hybridized carbons (Fsp3) is 0.258. The molecule has 0 aliphatic heterocycles. The lowest BCUT2D eigenvalue weighted by molar-refractivity contribution is 0.306. The first-order valence-electron chi connectivity index (χ1n) is 13.8. The molecule has 2 N–H and O–H groups in total. The minimum Gasteiger partial charge on any atom is -0.487 e. The number of benzene rings is 3. The molecule has 2 heterocycles. The number of halogens is 2. The van der Waals surface area contributed by atoms with E-state index >= 15 is 0 Å². The molecule has 0 spiro atoms. The van der Waals surface area contributed by atoms with Crippen molar-refractivity contribution >= 4 is 55.2 Å². The summed E-state index contributed by atoms with van der Waals surface area (Å²) in [4.78, 5) is 14.4. The van der Waals surface area contributed by atoms with Crippen molar-refractivity contribution in [2.24, 2.45) is 5.92 Å². The Bertz CT molecular complexity index is 1880. The number of aromatic nitrogens is 3. The Hall–Kier alpha value is -3.64. The first-order valence-corrected chi connectivity index (χ1v) is 17.0. The van der Waals surface area contributed by atoms with Crippen LogP contribution in [0.25, 0.3) is 21.5 Å². The summed E-state index contributed by atoms with van der Waals surface area (Å²) in [5.41, 5.74) is 3.03. The predicted molar refractivity (Wildman–Crippen MR) is 169 cm³/mol. The average Bonchev–Trinajstić information content (AvgIpc) is 3.67. The number of nitrogens with one attached hydrogen (secondary N) is 2. The van der Waals surface area contributed by atoms with E-state index in [1.54, 1.807) is 30.5 Å². The quantitative estimate of drug-likeness (QED) is 0.151. The van der Waals surface area contributed by atoms with Gasteiger partial charge in [-0.05, 0) is 79.4 Å². The molecule has 1 aliphatic carbocycles. The van der Waals surface area contributed by atoms with Crippen molar-refractivity contribution < 1.29 is 17.5 Å². The number of fused-ring (bicyclic) bond motifs is 1. The number of ether oxygens (including phenoxy) is 1. The lowest BCUT2D eigenvalue weighted by atomic mass is 10.1. The van der Waals surface area contributed by atoms with Crippen LogP contribution in [0.5, 0.6) is 5.75 Å². The molecular weight excluding hydrogens is 609 g/mol. The molecule has 0 radical (unpaired) electrons. The van der Waals surface area contributed by atoms with Crippen LogP contribution in [-0.4, -0.2) is 41.9 Å². The van der Waals surface area contributed by atoms with Gasteiger partial charge in [0.15, 0.2) is 0 Å². The average molecular weight is 638 g/mol. The van der Waals surface area contributed by atoms with Crippen LogP contribution in [0.1, 0.15) is 29.3 Å². The monoisotopic (exact) mass is 637 g/mol. The van der Waals surface area contributed by atoms with Crippen LogP contribution in [0.15, 0.2) is 73.2 Å². The molecule has 12 heteroatoms. The van der Waals surface area contributed by atoms with Gasteiger partial charge in [0, 0.05) is 34.0 Å². The van der Waals surface area contributed by atoms with Gasteiger partial charge < -0.3 is 15.4 Å². The molecule has 1 fully saturated rings. The molecule has 8 nitrogen and oxygen atoms in total. The van der Waals surface area contributed by atoms with Crippen molar-refractivity contribution in [2.45, 2.75) is 25.5 Å². The van der Waals surface area contributed by atoms with E-state index in [-0.39, 0.29) is 24.2 Å². The molecule has 6 rings (SSSR count). The van der Waals surface area contributed by atoms with Crippen molar-refractivity contribution in [3.8, 4) is 16.3 Å². The van der Waals surface area contributed by atoms with E-state index < -0.39 is 9.84 Å². The smallest absolute Gasteiger partial charge is 0.149 e. The third kappa shape index (κ3) is 7.66. The van der Waals surface area contributed by atoms with Crippen molar-refractivity contribution in [1.82, 2.24) is 20.3 Å². The van der Waals surface area contributed by atoms with E-state index in [4.69, 9.17) is 16.3 Å². The maximum atomic E-state index is 13.5. The van der Waals surface area contributed by atoms with Gasteiger partial charge in [-0.25, -0.2) is 27.8 Å². The van der Waals surface area contributed by atoms with Gasteiger partial charge in [0.2, 0.25) is 0 Å². The van der Waals surface area contributed by atoms with Crippen molar-refractivity contribution in [3.63, 3.8) is 0 Å². The second-order valence-corrected chi connectivity index (χ2v) is 14.4. The highest BCUT2D eigenvalue weighted by molar-refractivity contribution is 7.90. The number of hydrogen-bond acceptors (Lipinski definition) is 9. The Morgan fingerprint density at radius 3 is 2.72 bits per heavy atom. The van der Waals surface area contributed by atoms with Crippen LogP contribution in [-0.2, 0) is 16.4 Å². The molecule has 1 unspecified atom stereocenters. The molecule has 1 aliphatic rings. The van der Waals surface area contributed by atoms with Gasteiger partial charge in [-0.3, -0.25) is 0 Å². The fourth-order valence-electron chi connectivity index (χ4n) is 4.67. The maximum Gasteiger partial charge on any atom is 0.149 e. The number of nitrogens with zero attached hydrogens (tertiary/aromatic N) is 3. The standard InChI is InChI=1S/C31H29ClFN5O3S2/c1-43(39,40)17-27(34-14-19-5-6-19)29-15-35-31(42-29)21-7-9-26-24(12-21)30(37-18-36-26)38-23-8-10-28(25(32)13-23)41-16-20-3-2-4-22(33)11-20/h2-4,7-13,15,18-19,27,34H,5-6,14,16-17H2,1H3,(H,36,37,38). The predicted octanol–water partition coefficient (Wildman–Crippen LogP) is 6.95. The third-order valence-corrected chi connectivity index (χ3v) is 9.44. The number of anilines is 2. The Morgan fingerprint density at radius 1 is 1.09 bits per heavy atom. The zero-order valence-corrected chi connectivity index (χ0v) is 25.6. The fourth-order valence-corrected chi connectivity index (χ4v) is 6.90. The molecule has 0 bridgehead atoms. The molecule has 2 aromatic heterocycles. The molecular formula is C31H29ClFN5O3S2. The number of thiazole rings is 1. The summed E-state index contributed by atoms with van der Waals surface area (Å²) < 4.78 is 43.5. The van der Waals surface area contributed by atoms with Crippen LogP contribution in [0.3, 0.4) is 0 Å². The second kappa shape index (κ2) is 12.5. The largest absolute Gasteiger partial charge is 0.487 e. The van der Waals surface area contributed by atoms with Gasteiger partial charge in [-0.1, -0.05) is 23.7 Å². The van der Waals surface area contributed by atoms with E-state index in [0.717, 1.165) is 32.9 Å². The van der Waals surface area contributed by atoms with Gasteiger partial charge in [0.05, 0.1) is 22.3 Å². The van der Waals surface area contributed by atoms with E-state index in [2.05, 4.69) is 25.6 Å². The zero-order chi connectivity index (χ0) is 30.0. The van der Waals surface area contributed by atoms with Crippen LogP contribution >= 0.6 is 22.9 Å². The molecule has 3 aromatic carbocycles. The van der Waals surface area contributed by atoms with Gasteiger partial charge in [0.25, 0.3) is 0 Å². The van der Waals surface area contributed by atoms with Crippen molar-refractivity contribution in [2.75, 3.05) is 23.9 Å². The number of sulfone groups is 1. The van der Waals surface area contributed by atoms with Gasteiger partial charge >= 0.3 is 0 Å². The molecule has 222 valence electrons. The molecule has 1 atom stereocenters. The van der Waals surface area contributed by atoms with Crippen molar-refractivity contribution in [1.29, 1.82) is 0 Å². The van der Waals surface area contributed by atoms with E-state index in [9.17, 15) is 12.8 Å². The lowest BCUT2D eigenvalue weighted by Crippen LogP contribution is -2.28. The Balaban J connectivity index is 1.21. The number of hydrogen-bond donors (Lipinski definition) is 2. The molecule has 0 saturated heterocycles. The number of rotatable bonds is 12. The van der Waals surface area contributed by atoms with Crippen LogP contribution < -0.4 is 15.4 Å². The Morgan fingerprint density at radius 2 is 1.95 bits per heavy atom. The van der Waals surface area contributed by atoms with Crippen LogP contribution in [0.2, 0.25) is 5.02 Å². The summed E-state index contributed by atoms with van der Waals surface area (Å²) in [6.07, 6.45) is 6.89. The van der Waals surface area contributed by atoms with E-state index in [0.29, 0.717) is 33.8 Å². The SMILES string of the molecule is CS(=O)(=O)CC(NCC1CC1)c1cnc(-c2ccc3ncnc(Nc4ccc(OCc5cccc(F)c5)c(Cl)c4)c3c2)s1. The molecule has 0 amide bonds. The van der Waals surface area contributed by atoms with Crippen LogP contribution in [0, 0.1) is 11.7 Å². The topological polar surface area (TPSA) is 106 Å². The summed E-state index contributed by atoms with van der Waals surface area (Å²) in [7, 11) is -3.18. The summed E-state index contributed by atoms with van der Waals surface area (Å²) in [6.45, 7) is 0.994. The van der Waals surface area contributed by atoms with Crippen LogP contribution in [0.4, 0.5) is 15.9 Å². The summed E-state index contributed by atoms with van der Waals surface area (Å²) >= 11 is 7.99. The van der Waals surface area contributed by atoms with E-state index in [1.165, 1.54) is 48.9 Å². The molecule has 1 saturated carbocycles. The minimum atomic E-state index is -3.18. The zero-order valence-electron chi connectivity index (χ0n) is 23.3. The van der Waals surface area contributed by atoms with E-state index in [1.807, 2.05) is 24.3 Å². The summed E-state index contributed by atoms with van der Waals surface area (Å²) in [5.74, 6) is 1.40. The first kappa shape index (κ1) is 29.4. The van der Waals surface area contributed by atoms with Gasteiger partial charge in [-0.2, -0.15) is 0 Å². The first-order chi connectivity index (χ1) is 20.7. The van der Waals surface area contributed by atoms with Gasteiger partial charge in [-0.15, -0.1) is 11.3 Å². The normalized spacial score (nSPS) is 14.1.